The third-order valence-corrected chi connectivity index (χ3v) is 3.41. The van der Waals surface area contributed by atoms with Crippen LogP contribution in [-0.4, -0.2) is 30.9 Å². The first-order valence-corrected chi connectivity index (χ1v) is 7.21. The maximum atomic E-state index is 11.8. The highest BCUT2D eigenvalue weighted by atomic mass is 16.2. The highest BCUT2D eigenvalue weighted by Crippen LogP contribution is 2.15. The maximum absolute atomic E-state index is 11.8. The van der Waals surface area contributed by atoms with Crippen molar-refractivity contribution < 1.29 is 9.59 Å². The van der Waals surface area contributed by atoms with Crippen LogP contribution in [0.4, 0.5) is 5.69 Å². The monoisotopic (exact) mass is 287 g/mol. The van der Waals surface area contributed by atoms with Crippen LogP contribution in [0.5, 0.6) is 0 Å². The summed E-state index contributed by atoms with van der Waals surface area (Å²) in [5.74, 6) is -0.0271. The van der Waals surface area contributed by atoms with Crippen molar-refractivity contribution in [2.24, 2.45) is 0 Å². The van der Waals surface area contributed by atoms with Gasteiger partial charge in [0.2, 0.25) is 5.91 Å². The molecule has 0 saturated carbocycles. The third-order valence-electron chi connectivity index (χ3n) is 3.41. The van der Waals surface area contributed by atoms with E-state index in [1.54, 1.807) is 18.2 Å². The van der Waals surface area contributed by atoms with Gasteiger partial charge in [-0.3, -0.25) is 9.59 Å². The van der Waals surface area contributed by atoms with Gasteiger partial charge in [-0.05, 0) is 37.1 Å². The lowest BCUT2D eigenvalue weighted by molar-refractivity contribution is -0.120. The molecule has 1 aromatic rings. The van der Waals surface area contributed by atoms with Crippen LogP contribution in [0.1, 0.15) is 29.6 Å². The van der Waals surface area contributed by atoms with Gasteiger partial charge in [0.25, 0.3) is 5.91 Å². The minimum atomic E-state index is -0.115. The summed E-state index contributed by atoms with van der Waals surface area (Å²) in [6.07, 6.45) is 4.07. The van der Waals surface area contributed by atoms with Crippen molar-refractivity contribution in [3.8, 4) is 0 Å². The Morgan fingerprint density at radius 1 is 1.38 bits per heavy atom. The Kier molecular flexibility index (Phi) is 5.37. The van der Waals surface area contributed by atoms with Crippen molar-refractivity contribution in [3.63, 3.8) is 0 Å². The summed E-state index contributed by atoms with van der Waals surface area (Å²) in [5.41, 5.74) is 1.54. The van der Waals surface area contributed by atoms with Gasteiger partial charge in [-0.2, -0.15) is 0 Å². The highest BCUT2D eigenvalue weighted by molar-refractivity contribution is 5.94. The molecular formula is C16H21N3O2. The summed E-state index contributed by atoms with van der Waals surface area (Å²) in [5, 5.41) is 8.95. The molecule has 0 spiro atoms. The van der Waals surface area contributed by atoms with Crippen molar-refractivity contribution in [1.29, 1.82) is 0 Å². The minimum absolute atomic E-state index is 0.0884. The van der Waals surface area contributed by atoms with Gasteiger partial charge in [-0.15, -0.1) is 6.58 Å². The van der Waals surface area contributed by atoms with E-state index in [0.29, 0.717) is 18.5 Å². The predicted octanol–water partition coefficient (Wildman–Crippen LogP) is 1.68. The van der Waals surface area contributed by atoms with E-state index in [9.17, 15) is 9.59 Å². The van der Waals surface area contributed by atoms with Gasteiger partial charge < -0.3 is 16.0 Å². The third kappa shape index (κ3) is 4.63. The zero-order chi connectivity index (χ0) is 15.1. The molecule has 1 unspecified atom stereocenters. The largest absolute Gasteiger partial charge is 0.382 e. The van der Waals surface area contributed by atoms with Gasteiger partial charge >= 0.3 is 0 Å². The van der Waals surface area contributed by atoms with Crippen LogP contribution in [0, 0.1) is 0 Å². The Labute approximate surface area is 124 Å². The van der Waals surface area contributed by atoms with Crippen LogP contribution < -0.4 is 16.0 Å². The standard InChI is InChI=1S/C16H21N3O2/c1-2-9-18-16(21)12-5-7-13(8-6-12)19-14-4-3-10-17-15(20)11-14/h2,5-8,14,19H,1,3-4,9-11H2,(H,17,20)(H,18,21). The number of amides is 2. The molecule has 112 valence electrons. The van der Waals surface area contributed by atoms with Crippen LogP contribution >= 0.6 is 0 Å². The lowest BCUT2D eigenvalue weighted by Gasteiger charge is -2.16. The molecule has 1 atom stereocenters. The molecule has 0 radical (unpaired) electrons. The summed E-state index contributed by atoms with van der Waals surface area (Å²) in [4.78, 5) is 23.3. The summed E-state index contributed by atoms with van der Waals surface area (Å²) in [6, 6.07) is 7.43. The molecule has 5 nitrogen and oxygen atoms in total. The number of benzene rings is 1. The highest BCUT2D eigenvalue weighted by Gasteiger charge is 2.17. The van der Waals surface area contributed by atoms with Crippen LogP contribution in [0.3, 0.4) is 0 Å². The molecule has 0 bridgehead atoms. The lowest BCUT2D eigenvalue weighted by atomic mass is 10.1. The molecule has 1 aliphatic heterocycles. The Hall–Kier alpha value is -2.30. The normalized spacial score (nSPS) is 18.3. The number of hydrogen-bond donors (Lipinski definition) is 3. The molecule has 3 N–H and O–H groups in total. The fraction of sp³-hybridized carbons (Fsp3) is 0.375. The fourth-order valence-electron chi connectivity index (χ4n) is 2.32. The zero-order valence-electron chi connectivity index (χ0n) is 12.0. The number of rotatable bonds is 5. The molecule has 1 heterocycles. The van der Waals surface area contributed by atoms with Gasteiger partial charge in [0, 0.05) is 36.8 Å². The number of nitrogens with one attached hydrogen (secondary N) is 3. The van der Waals surface area contributed by atoms with Crippen molar-refractivity contribution >= 4 is 17.5 Å². The van der Waals surface area contributed by atoms with Crippen molar-refractivity contribution in [1.82, 2.24) is 10.6 Å². The fourth-order valence-corrected chi connectivity index (χ4v) is 2.32. The van der Waals surface area contributed by atoms with E-state index in [1.807, 2.05) is 12.1 Å². The lowest BCUT2D eigenvalue weighted by Crippen LogP contribution is -2.27. The molecule has 1 saturated heterocycles. The van der Waals surface area contributed by atoms with Crippen molar-refractivity contribution in [3.05, 3.63) is 42.5 Å². The van der Waals surface area contributed by atoms with Gasteiger partial charge in [0.1, 0.15) is 0 Å². The maximum Gasteiger partial charge on any atom is 0.251 e. The first kappa shape index (κ1) is 15.1. The molecule has 1 fully saturated rings. The van der Waals surface area contributed by atoms with E-state index in [2.05, 4.69) is 22.5 Å². The summed E-state index contributed by atoms with van der Waals surface area (Å²) >= 11 is 0. The molecule has 0 aromatic heterocycles. The van der Waals surface area contributed by atoms with E-state index < -0.39 is 0 Å². The van der Waals surface area contributed by atoms with Crippen LogP contribution in [0.15, 0.2) is 36.9 Å². The second-order valence-corrected chi connectivity index (χ2v) is 5.11. The number of anilines is 1. The first-order chi connectivity index (χ1) is 10.2. The van der Waals surface area contributed by atoms with Gasteiger partial charge in [0.15, 0.2) is 0 Å². The molecule has 2 rings (SSSR count). The topological polar surface area (TPSA) is 70.2 Å². The number of carbonyl (C=O) groups is 2. The molecule has 2 amide bonds. The molecule has 21 heavy (non-hydrogen) atoms. The predicted molar refractivity (Wildman–Crippen MR) is 83.2 cm³/mol. The molecule has 1 aromatic carbocycles. The SMILES string of the molecule is C=CCNC(=O)c1ccc(NC2CCCNC(=O)C2)cc1. The minimum Gasteiger partial charge on any atom is -0.382 e. The van der Waals surface area contributed by atoms with Crippen molar-refractivity contribution in [2.45, 2.75) is 25.3 Å². The molecular weight excluding hydrogens is 266 g/mol. The summed E-state index contributed by atoms with van der Waals surface area (Å²) < 4.78 is 0. The van der Waals surface area contributed by atoms with Gasteiger partial charge in [0.05, 0.1) is 0 Å². The second kappa shape index (κ2) is 7.47. The van der Waals surface area contributed by atoms with Crippen LogP contribution in [0.25, 0.3) is 0 Å². The molecule has 0 aliphatic carbocycles. The Balaban J connectivity index is 1.93. The van der Waals surface area contributed by atoms with Crippen LogP contribution in [0.2, 0.25) is 0 Å². The van der Waals surface area contributed by atoms with E-state index in [1.165, 1.54) is 0 Å². The van der Waals surface area contributed by atoms with E-state index in [-0.39, 0.29) is 17.9 Å². The van der Waals surface area contributed by atoms with Crippen LogP contribution in [-0.2, 0) is 4.79 Å². The molecule has 5 heteroatoms. The van der Waals surface area contributed by atoms with Crippen molar-refractivity contribution in [2.75, 3.05) is 18.4 Å². The second-order valence-electron chi connectivity index (χ2n) is 5.11. The average molecular weight is 287 g/mol. The zero-order valence-corrected chi connectivity index (χ0v) is 12.0. The number of carbonyl (C=O) groups excluding carboxylic acids is 2. The van der Waals surface area contributed by atoms with E-state index >= 15 is 0 Å². The smallest absolute Gasteiger partial charge is 0.251 e. The van der Waals surface area contributed by atoms with E-state index in [0.717, 1.165) is 25.1 Å². The first-order valence-electron chi connectivity index (χ1n) is 7.21. The Morgan fingerprint density at radius 3 is 2.86 bits per heavy atom. The Morgan fingerprint density at radius 2 is 2.14 bits per heavy atom. The summed E-state index contributed by atoms with van der Waals surface area (Å²) in [6.45, 7) is 4.77. The summed E-state index contributed by atoms with van der Waals surface area (Å²) in [7, 11) is 0. The Bertz CT molecular complexity index is 511. The number of hydrogen-bond acceptors (Lipinski definition) is 3. The quantitative estimate of drug-likeness (QED) is 0.722. The average Bonchev–Trinajstić information content (AvgIpc) is 2.69. The molecule has 1 aliphatic rings. The van der Waals surface area contributed by atoms with E-state index in [4.69, 9.17) is 0 Å². The van der Waals surface area contributed by atoms with Gasteiger partial charge in [-0.1, -0.05) is 6.08 Å². The van der Waals surface area contributed by atoms with Gasteiger partial charge in [-0.25, -0.2) is 0 Å².